The lowest BCUT2D eigenvalue weighted by Crippen LogP contribution is -2.21. The lowest BCUT2D eigenvalue weighted by Gasteiger charge is -2.13. The number of hydrogen-bond donors (Lipinski definition) is 4. The first kappa shape index (κ1) is 23.2. The number of amides is 2. The number of carboxylic acid groups (broad SMARTS) is 2. The van der Waals surface area contributed by atoms with Gasteiger partial charge in [-0.3, -0.25) is 0 Å². The zero-order valence-electron chi connectivity index (χ0n) is 17.5. The van der Waals surface area contributed by atoms with E-state index < -0.39 is 34.2 Å². The summed E-state index contributed by atoms with van der Waals surface area (Å²) in [4.78, 5) is 34.8. The number of ether oxygens (including phenoxy) is 1. The zero-order valence-corrected chi connectivity index (χ0v) is 19.2. The number of rotatable bonds is 7. The summed E-state index contributed by atoms with van der Waals surface area (Å²) in [6.07, 6.45) is 0.430. The van der Waals surface area contributed by atoms with Crippen molar-refractivity contribution in [2.75, 3.05) is 17.7 Å². The van der Waals surface area contributed by atoms with Crippen LogP contribution in [0, 0.1) is 5.82 Å². The van der Waals surface area contributed by atoms with E-state index in [1.54, 1.807) is 11.3 Å². The number of carboxylic acids is 2. The van der Waals surface area contributed by atoms with Crippen molar-refractivity contribution < 1.29 is 33.7 Å². The number of anilines is 2. The number of aromatic carboxylic acids is 2. The van der Waals surface area contributed by atoms with Crippen molar-refractivity contribution in [1.29, 1.82) is 0 Å². The number of thiophene rings is 2. The van der Waals surface area contributed by atoms with E-state index in [1.807, 2.05) is 29.6 Å². The van der Waals surface area contributed by atoms with Gasteiger partial charge in [0.05, 0.1) is 18.5 Å². The van der Waals surface area contributed by atoms with Crippen LogP contribution in [0.5, 0.6) is 5.75 Å². The highest BCUT2D eigenvalue weighted by Crippen LogP contribution is 2.33. The molecule has 11 heteroatoms. The molecule has 0 radical (unpaired) electrons. The van der Waals surface area contributed by atoms with Crippen LogP contribution in [0.1, 0.15) is 31.2 Å². The first-order chi connectivity index (χ1) is 16.3. The molecule has 2 aromatic carbocycles. The number of urea groups is 1. The van der Waals surface area contributed by atoms with E-state index in [1.165, 1.54) is 18.6 Å². The Kier molecular flexibility index (Phi) is 6.48. The molecule has 0 fully saturated rings. The Labute approximate surface area is 200 Å². The van der Waals surface area contributed by atoms with Gasteiger partial charge in [-0.2, -0.15) is 0 Å². The maximum Gasteiger partial charge on any atom is 0.346 e. The van der Waals surface area contributed by atoms with Gasteiger partial charge in [-0.05, 0) is 28.5 Å². The van der Waals surface area contributed by atoms with Gasteiger partial charge in [0, 0.05) is 28.1 Å². The highest BCUT2D eigenvalue weighted by molar-refractivity contribution is 7.17. The summed E-state index contributed by atoms with van der Waals surface area (Å²) in [6.45, 7) is 0. The molecule has 0 saturated heterocycles. The highest BCUT2D eigenvalue weighted by Gasteiger charge is 2.24. The van der Waals surface area contributed by atoms with E-state index in [9.17, 15) is 23.9 Å². The number of nitrogens with one attached hydrogen (secondary N) is 2. The molecule has 0 atom stereocenters. The van der Waals surface area contributed by atoms with Gasteiger partial charge in [0.25, 0.3) is 0 Å². The fourth-order valence-electron chi connectivity index (χ4n) is 3.49. The Hall–Kier alpha value is -3.96. The summed E-state index contributed by atoms with van der Waals surface area (Å²) in [5.74, 6) is -3.37. The molecule has 0 unspecified atom stereocenters. The van der Waals surface area contributed by atoms with E-state index in [4.69, 9.17) is 9.84 Å². The third kappa shape index (κ3) is 4.56. The predicted molar refractivity (Wildman–Crippen MR) is 128 cm³/mol. The number of hydrogen-bond acceptors (Lipinski definition) is 6. The van der Waals surface area contributed by atoms with Gasteiger partial charge in [-0.1, -0.05) is 18.2 Å². The highest BCUT2D eigenvalue weighted by atomic mass is 32.1. The summed E-state index contributed by atoms with van der Waals surface area (Å²) in [5, 5.41) is 27.4. The van der Waals surface area contributed by atoms with Gasteiger partial charge in [0.2, 0.25) is 0 Å². The van der Waals surface area contributed by atoms with Crippen molar-refractivity contribution in [3.05, 3.63) is 74.5 Å². The molecule has 0 aliphatic heterocycles. The molecule has 4 rings (SSSR count). The topological polar surface area (TPSA) is 125 Å². The molecule has 4 aromatic rings. The van der Waals surface area contributed by atoms with Gasteiger partial charge in [0.15, 0.2) is 0 Å². The molecule has 2 heterocycles. The van der Waals surface area contributed by atoms with E-state index in [-0.39, 0.29) is 11.4 Å². The molecule has 4 N–H and O–H groups in total. The summed E-state index contributed by atoms with van der Waals surface area (Å²) in [6, 6.07) is 9.58. The normalized spacial score (nSPS) is 10.8. The average Bonchev–Trinajstić information content (AvgIpc) is 3.40. The monoisotopic (exact) mass is 500 g/mol. The Morgan fingerprint density at radius 2 is 1.71 bits per heavy atom. The molecule has 0 aliphatic rings. The van der Waals surface area contributed by atoms with E-state index in [0.717, 1.165) is 21.7 Å². The predicted octanol–water partition coefficient (Wildman–Crippen LogP) is 5.74. The largest absolute Gasteiger partial charge is 0.496 e. The smallest absolute Gasteiger partial charge is 0.346 e. The molecule has 8 nitrogen and oxygen atoms in total. The van der Waals surface area contributed by atoms with Crippen LogP contribution in [-0.2, 0) is 6.42 Å². The second kappa shape index (κ2) is 9.49. The molecule has 174 valence electrons. The molecule has 0 bridgehead atoms. The van der Waals surface area contributed by atoms with Crippen molar-refractivity contribution in [1.82, 2.24) is 0 Å². The third-order valence-electron chi connectivity index (χ3n) is 5.01. The van der Waals surface area contributed by atoms with Crippen molar-refractivity contribution in [3.8, 4) is 5.75 Å². The second-order valence-electron chi connectivity index (χ2n) is 7.12. The summed E-state index contributed by atoms with van der Waals surface area (Å²) in [7, 11) is 1.42. The van der Waals surface area contributed by atoms with Crippen molar-refractivity contribution >= 4 is 62.1 Å². The fourth-order valence-corrected chi connectivity index (χ4v) is 5.29. The SMILES string of the molecule is COc1cc(F)c(NC(=O)Nc2csc(C(=O)O)c2C(=O)O)cc1Cc1csc2ccccc12. The molecule has 2 amide bonds. The van der Waals surface area contributed by atoms with E-state index in [0.29, 0.717) is 29.1 Å². The Morgan fingerprint density at radius 1 is 0.971 bits per heavy atom. The van der Waals surface area contributed by atoms with Crippen LogP contribution in [-0.4, -0.2) is 35.3 Å². The first-order valence-electron chi connectivity index (χ1n) is 9.76. The van der Waals surface area contributed by atoms with Gasteiger partial charge < -0.3 is 25.6 Å². The maximum absolute atomic E-state index is 14.7. The second-order valence-corrected chi connectivity index (χ2v) is 8.91. The third-order valence-corrected chi connectivity index (χ3v) is 6.99. The minimum atomic E-state index is -1.50. The minimum Gasteiger partial charge on any atom is -0.496 e. The van der Waals surface area contributed by atoms with Crippen LogP contribution < -0.4 is 15.4 Å². The number of halogens is 1. The van der Waals surface area contributed by atoms with Gasteiger partial charge in [0.1, 0.15) is 22.0 Å². The molecule has 0 spiro atoms. The van der Waals surface area contributed by atoms with Crippen molar-refractivity contribution in [3.63, 3.8) is 0 Å². The van der Waals surface area contributed by atoms with Crippen LogP contribution in [0.2, 0.25) is 0 Å². The molecule has 0 aliphatic carbocycles. The van der Waals surface area contributed by atoms with Gasteiger partial charge in [-0.15, -0.1) is 22.7 Å². The first-order valence-corrected chi connectivity index (χ1v) is 11.5. The number of methoxy groups -OCH3 is 1. The lowest BCUT2D eigenvalue weighted by molar-refractivity contribution is 0.0657. The van der Waals surface area contributed by atoms with Crippen LogP contribution in [0.15, 0.2) is 47.2 Å². The lowest BCUT2D eigenvalue weighted by atomic mass is 10.0. The number of fused-ring (bicyclic) bond motifs is 1. The van der Waals surface area contributed by atoms with Gasteiger partial charge >= 0.3 is 18.0 Å². The molecule has 2 aromatic heterocycles. The van der Waals surface area contributed by atoms with E-state index >= 15 is 0 Å². The van der Waals surface area contributed by atoms with Crippen LogP contribution in [0.3, 0.4) is 0 Å². The van der Waals surface area contributed by atoms with Crippen LogP contribution in [0.25, 0.3) is 10.1 Å². The molecular weight excluding hydrogens is 483 g/mol. The standard InChI is InChI=1S/C23H17FN2O6S2/c1-32-17-8-14(24)15(7-11(17)6-12-9-33-18-5-3-2-4-13(12)18)25-23(31)26-16-10-34-20(22(29)30)19(16)21(27)28/h2-5,7-10H,6H2,1H3,(H,27,28)(H,29,30)(H2,25,26,31). The van der Waals surface area contributed by atoms with Gasteiger partial charge in [-0.25, -0.2) is 18.8 Å². The Morgan fingerprint density at radius 3 is 2.41 bits per heavy atom. The maximum atomic E-state index is 14.7. The Bertz CT molecular complexity index is 1430. The molecule has 34 heavy (non-hydrogen) atoms. The van der Waals surface area contributed by atoms with Crippen molar-refractivity contribution in [2.24, 2.45) is 0 Å². The minimum absolute atomic E-state index is 0.140. The zero-order chi connectivity index (χ0) is 24.4. The fraction of sp³-hybridized carbons (Fsp3) is 0.0870. The number of carbonyl (C=O) groups excluding carboxylic acids is 1. The van der Waals surface area contributed by atoms with Crippen molar-refractivity contribution in [2.45, 2.75) is 6.42 Å². The Balaban J connectivity index is 1.60. The number of benzene rings is 2. The number of carbonyl (C=O) groups is 3. The average molecular weight is 501 g/mol. The quantitative estimate of drug-likeness (QED) is 0.256. The summed E-state index contributed by atoms with van der Waals surface area (Å²) in [5.41, 5.74) is 0.765. The summed E-state index contributed by atoms with van der Waals surface area (Å²) < 4.78 is 21.1. The molecule has 0 saturated carbocycles. The van der Waals surface area contributed by atoms with E-state index in [2.05, 4.69) is 10.6 Å². The van der Waals surface area contributed by atoms with Crippen LogP contribution in [0.4, 0.5) is 20.6 Å². The summed E-state index contributed by atoms with van der Waals surface area (Å²) >= 11 is 2.25. The van der Waals surface area contributed by atoms with Crippen LogP contribution >= 0.6 is 22.7 Å². The molecular formula is C23H17FN2O6S2.